The molecule has 1 aromatic carbocycles. The minimum atomic E-state index is -0.0222. The number of nitrogens with zero attached hydrogens (tertiary/aromatic N) is 6. The van der Waals surface area contributed by atoms with Crippen LogP contribution >= 0.6 is 0 Å². The summed E-state index contributed by atoms with van der Waals surface area (Å²) in [6.07, 6.45) is 6.53. The van der Waals surface area contributed by atoms with Crippen LogP contribution in [-0.2, 0) is 12.8 Å². The molecule has 0 saturated carbocycles. The van der Waals surface area contributed by atoms with Gasteiger partial charge in [-0.15, -0.1) is 25.2 Å². The average molecular weight is 411 g/mol. The Labute approximate surface area is 177 Å². The molecule has 0 saturated heterocycles. The molecule has 3 aromatic rings. The van der Waals surface area contributed by atoms with Crippen molar-refractivity contribution in [2.24, 2.45) is 5.41 Å². The van der Waals surface area contributed by atoms with Gasteiger partial charge in [0.2, 0.25) is 11.8 Å². The van der Waals surface area contributed by atoms with E-state index in [0.717, 1.165) is 36.3 Å². The van der Waals surface area contributed by atoms with Crippen molar-refractivity contribution in [3.63, 3.8) is 0 Å². The van der Waals surface area contributed by atoms with E-state index < -0.39 is 0 Å². The first-order valence-corrected chi connectivity index (χ1v) is 10.3. The molecule has 0 bridgehead atoms. The monoisotopic (exact) mass is 410 g/mol. The lowest BCUT2D eigenvalue weighted by molar-refractivity contribution is 0.316. The zero-order valence-corrected chi connectivity index (χ0v) is 18.6. The number of aromatic nitrogens is 6. The van der Waals surface area contributed by atoms with Gasteiger partial charge < -0.3 is 9.15 Å². The SMILES string of the molecule is CCc1nnn(-c2ccc(OC)c(/C=C/CC(C)(C)Cc3nnc(C(C)C)o3)c2)n1. The summed E-state index contributed by atoms with van der Waals surface area (Å²) in [5.41, 5.74) is 1.78. The fraction of sp³-hybridized carbons (Fsp3) is 0.500. The van der Waals surface area contributed by atoms with E-state index >= 15 is 0 Å². The third-order valence-corrected chi connectivity index (χ3v) is 4.79. The van der Waals surface area contributed by atoms with E-state index in [9.17, 15) is 0 Å². The Balaban J connectivity index is 1.72. The molecule has 0 aliphatic carbocycles. The second-order valence-electron chi connectivity index (χ2n) is 8.41. The normalized spacial score (nSPS) is 12.2. The fourth-order valence-corrected chi connectivity index (χ4v) is 3.03. The van der Waals surface area contributed by atoms with Gasteiger partial charge in [0.15, 0.2) is 5.82 Å². The topological polar surface area (TPSA) is 91.8 Å². The first kappa shape index (κ1) is 21.7. The second-order valence-corrected chi connectivity index (χ2v) is 8.41. The number of allylic oxidation sites excluding steroid dienone is 1. The van der Waals surface area contributed by atoms with Gasteiger partial charge in [-0.3, -0.25) is 0 Å². The molecule has 8 nitrogen and oxygen atoms in total. The van der Waals surface area contributed by atoms with Crippen molar-refractivity contribution in [1.82, 2.24) is 30.4 Å². The molecule has 0 fully saturated rings. The van der Waals surface area contributed by atoms with Crippen LogP contribution in [0.2, 0.25) is 0 Å². The van der Waals surface area contributed by atoms with Gasteiger partial charge in [-0.1, -0.05) is 46.8 Å². The molecule has 0 radical (unpaired) electrons. The maximum atomic E-state index is 5.77. The largest absolute Gasteiger partial charge is 0.496 e. The summed E-state index contributed by atoms with van der Waals surface area (Å²) >= 11 is 0. The molecule has 0 N–H and O–H groups in total. The highest BCUT2D eigenvalue weighted by atomic mass is 16.5. The van der Waals surface area contributed by atoms with E-state index in [2.05, 4.69) is 51.6 Å². The van der Waals surface area contributed by atoms with Crippen LogP contribution in [0, 0.1) is 5.41 Å². The van der Waals surface area contributed by atoms with Crippen molar-refractivity contribution >= 4 is 6.08 Å². The first-order chi connectivity index (χ1) is 14.3. The summed E-state index contributed by atoms with van der Waals surface area (Å²) in [7, 11) is 1.67. The fourth-order valence-electron chi connectivity index (χ4n) is 3.03. The molecular weight excluding hydrogens is 380 g/mol. The number of ether oxygens (including phenoxy) is 1. The average Bonchev–Trinajstić information content (AvgIpc) is 3.37. The Morgan fingerprint density at radius 1 is 1.20 bits per heavy atom. The predicted octanol–water partition coefficient (Wildman–Crippen LogP) is 4.41. The maximum Gasteiger partial charge on any atom is 0.219 e. The molecule has 0 spiro atoms. The lowest BCUT2D eigenvalue weighted by Gasteiger charge is -2.20. The molecule has 2 heterocycles. The van der Waals surface area contributed by atoms with Crippen molar-refractivity contribution in [2.75, 3.05) is 7.11 Å². The highest BCUT2D eigenvalue weighted by Gasteiger charge is 2.21. The molecule has 3 rings (SSSR count). The molecule has 30 heavy (non-hydrogen) atoms. The van der Waals surface area contributed by atoms with Crippen molar-refractivity contribution in [2.45, 2.75) is 59.8 Å². The smallest absolute Gasteiger partial charge is 0.219 e. The molecule has 2 aromatic heterocycles. The molecule has 0 atom stereocenters. The molecule has 0 aliphatic rings. The van der Waals surface area contributed by atoms with Gasteiger partial charge in [0.1, 0.15) is 5.75 Å². The number of hydrogen-bond donors (Lipinski definition) is 0. The number of aryl methyl sites for hydroxylation is 1. The van der Waals surface area contributed by atoms with Crippen LogP contribution in [-0.4, -0.2) is 37.5 Å². The molecule has 160 valence electrons. The summed E-state index contributed by atoms with van der Waals surface area (Å²) in [5.74, 6) is 3.11. The molecular formula is C22H30N6O2. The van der Waals surface area contributed by atoms with E-state index in [-0.39, 0.29) is 11.3 Å². The number of hydrogen-bond acceptors (Lipinski definition) is 7. The summed E-state index contributed by atoms with van der Waals surface area (Å²) < 4.78 is 11.3. The van der Waals surface area contributed by atoms with E-state index in [1.807, 2.05) is 39.0 Å². The van der Waals surface area contributed by atoms with E-state index in [0.29, 0.717) is 17.6 Å². The number of methoxy groups -OCH3 is 1. The van der Waals surface area contributed by atoms with Gasteiger partial charge >= 0.3 is 0 Å². The van der Waals surface area contributed by atoms with E-state index in [4.69, 9.17) is 9.15 Å². The van der Waals surface area contributed by atoms with Gasteiger partial charge in [0, 0.05) is 24.3 Å². The Kier molecular flexibility index (Phi) is 6.64. The number of tetrazole rings is 1. The lowest BCUT2D eigenvalue weighted by atomic mass is 9.85. The molecule has 0 unspecified atom stereocenters. The predicted molar refractivity (Wildman–Crippen MR) is 115 cm³/mol. The summed E-state index contributed by atoms with van der Waals surface area (Å²) in [5, 5.41) is 20.9. The second kappa shape index (κ2) is 9.19. The molecule has 0 amide bonds. The van der Waals surface area contributed by atoms with E-state index in [1.165, 1.54) is 0 Å². The Morgan fingerprint density at radius 2 is 2.00 bits per heavy atom. The van der Waals surface area contributed by atoms with Crippen molar-refractivity contribution < 1.29 is 9.15 Å². The Morgan fingerprint density at radius 3 is 2.63 bits per heavy atom. The Hall–Kier alpha value is -3.03. The summed E-state index contributed by atoms with van der Waals surface area (Å²) in [4.78, 5) is 1.54. The van der Waals surface area contributed by atoms with Crippen molar-refractivity contribution in [1.29, 1.82) is 0 Å². The van der Waals surface area contributed by atoms with Crippen LogP contribution in [0.4, 0.5) is 0 Å². The van der Waals surface area contributed by atoms with Crippen LogP contribution in [0.5, 0.6) is 5.75 Å². The minimum absolute atomic E-state index is 0.0222. The zero-order chi connectivity index (χ0) is 21.7. The molecule has 0 aliphatic heterocycles. The van der Waals surface area contributed by atoms with Crippen LogP contribution in [0.25, 0.3) is 11.8 Å². The highest BCUT2D eigenvalue weighted by molar-refractivity contribution is 5.60. The zero-order valence-electron chi connectivity index (χ0n) is 18.6. The van der Waals surface area contributed by atoms with Gasteiger partial charge in [-0.25, -0.2) is 0 Å². The van der Waals surface area contributed by atoms with E-state index in [1.54, 1.807) is 11.9 Å². The van der Waals surface area contributed by atoms with Crippen molar-refractivity contribution in [3.8, 4) is 11.4 Å². The van der Waals surface area contributed by atoms with Crippen molar-refractivity contribution in [3.05, 3.63) is 47.4 Å². The van der Waals surface area contributed by atoms with Gasteiger partial charge in [0.05, 0.1) is 12.8 Å². The Bertz CT molecular complexity index is 1000. The van der Waals surface area contributed by atoms with Gasteiger partial charge in [0.25, 0.3) is 0 Å². The van der Waals surface area contributed by atoms with Crippen LogP contribution in [0.3, 0.4) is 0 Å². The third kappa shape index (κ3) is 5.31. The molecule has 8 heteroatoms. The quantitative estimate of drug-likeness (QED) is 0.516. The van der Waals surface area contributed by atoms with Gasteiger partial charge in [-0.2, -0.15) is 0 Å². The maximum absolute atomic E-state index is 5.77. The summed E-state index contributed by atoms with van der Waals surface area (Å²) in [6.45, 7) is 10.5. The third-order valence-electron chi connectivity index (χ3n) is 4.79. The minimum Gasteiger partial charge on any atom is -0.496 e. The van der Waals surface area contributed by atoms with Crippen LogP contribution in [0.1, 0.15) is 70.1 Å². The number of rotatable bonds is 9. The summed E-state index contributed by atoms with van der Waals surface area (Å²) in [6, 6.07) is 5.83. The number of benzene rings is 1. The lowest BCUT2D eigenvalue weighted by Crippen LogP contribution is -2.14. The first-order valence-electron chi connectivity index (χ1n) is 10.3. The van der Waals surface area contributed by atoms with Crippen LogP contribution < -0.4 is 4.74 Å². The standard InChI is InChI=1S/C22H30N6O2/c1-7-19-23-27-28(26-19)17-10-11-18(29-6)16(13-17)9-8-12-22(4,5)14-20-24-25-21(30-20)15(2)3/h8-11,13,15H,7,12,14H2,1-6H3/b9-8+. The van der Waals surface area contributed by atoms with Crippen LogP contribution in [0.15, 0.2) is 28.7 Å². The highest BCUT2D eigenvalue weighted by Crippen LogP contribution is 2.29. The van der Waals surface area contributed by atoms with Gasteiger partial charge in [-0.05, 0) is 35.2 Å².